The van der Waals surface area contributed by atoms with Gasteiger partial charge in [-0.05, 0) is 46.3 Å². The van der Waals surface area contributed by atoms with E-state index < -0.39 is 0 Å². The number of nitrogens with zero attached hydrogens (tertiary/aromatic N) is 1. The average Bonchev–Trinajstić information content (AvgIpc) is 2.20. The van der Waals surface area contributed by atoms with E-state index in [1.165, 1.54) is 6.42 Å². The second-order valence-electron chi connectivity index (χ2n) is 4.19. The Hall–Kier alpha value is -0.570. The van der Waals surface area contributed by atoms with Crippen molar-refractivity contribution < 1.29 is 0 Å². The van der Waals surface area contributed by atoms with Crippen molar-refractivity contribution >= 4 is 21.6 Å². The standard InChI is InChI=1S/C11H15BrN2/c1-7-5-10(8(7)2)14-9-3-4-11(12)13-6-9/h3-4,6-8,10,14H,5H2,1-2H3. The van der Waals surface area contributed by atoms with E-state index in [0.717, 1.165) is 22.1 Å². The molecule has 0 amide bonds. The van der Waals surface area contributed by atoms with Crippen LogP contribution in [-0.2, 0) is 0 Å². The molecule has 0 aliphatic heterocycles. The summed E-state index contributed by atoms with van der Waals surface area (Å²) in [5.41, 5.74) is 1.12. The molecule has 14 heavy (non-hydrogen) atoms. The molecule has 76 valence electrons. The molecule has 3 atom stereocenters. The number of rotatable bonds is 2. The maximum absolute atomic E-state index is 4.19. The van der Waals surface area contributed by atoms with Crippen molar-refractivity contribution in [1.29, 1.82) is 0 Å². The molecule has 2 nitrogen and oxygen atoms in total. The minimum Gasteiger partial charge on any atom is -0.381 e. The summed E-state index contributed by atoms with van der Waals surface area (Å²) in [6.45, 7) is 4.61. The van der Waals surface area contributed by atoms with Crippen molar-refractivity contribution in [2.75, 3.05) is 5.32 Å². The molecule has 2 rings (SSSR count). The van der Waals surface area contributed by atoms with Crippen LogP contribution in [0.2, 0.25) is 0 Å². The largest absolute Gasteiger partial charge is 0.381 e. The molecule has 0 aromatic carbocycles. The van der Waals surface area contributed by atoms with Gasteiger partial charge in [0.15, 0.2) is 0 Å². The number of nitrogens with one attached hydrogen (secondary N) is 1. The molecule has 0 spiro atoms. The Morgan fingerprint density at radius 3 is 2.71 bits per heavy atom. The number of hydrogen-bond acceptors (Lipinski definition) is 2. The molecule has 3 unspecified atom stereocenters. The zero-order valence-corrected chi connectivity index (χ0v) is 10.1. The van der Waals surface area contributed by atoms with E-state index in [-0.39, 0.29) is 0 Å². The highest BCUT2D eigenvalue weighted by atomic mass is 79.9. The Labute approximate surface area is 93.3 Å². The Bertz CT molecular complexity index is 310. The van der Waals surface area contributed by atoms with Crippen molar-refractivity contribution in [2.24, 2.45) is 11.8 Å². The number of pyridine rings is 1. The summed E-state index contributed by atoms with van der Waals surface area (Å²) in [4.78, 5) is 4.19. The highest BCUT2D eigenvalue weighted by Crippen LogP contribution is 2.35. The summed E-state index contributed by atoms with van der Waals surface area (Å²) in [6.07, 6.45) is 3.15. The first-order valence-corrected chi connectivity index (χ1v) is 5.84. The lowest BCUT2D eigenvalue weighted by Crippen LogP contribution is -2.43. The topological polar surface area (TPSA) is 24.9 Å². The third-order valence-electron chi connectivity index (χ3n) is 3.24. The molecule has 1 aliphatic carbocycles. The number of halogens is 1. The SMILES string of the molecule is CC1CC(Nc2ccc(Br)nc2)C1C. The van der Waals surface area contributed by atoms with E-state index in [0.29, 0.717) is 6.04 Å². The molecule has 0 bridgehead atoms. The molecule has 1 aliphatic rings. The summed E-state index contributed by atoms with van der Waals surface area (Å²) in [5, 5.41) is 3.50. The summed E-state index contributed by atoms with van der Waals surface area (Å²) in [5.74, 6) is 1.63. The van der Waals surface area contributed by atoms with Gasteiger partial charge in [0.05, 0.1) is 11.9 Å². The van der Waals surface area contributed by atoms with E-state index in [4.69, 9.17) is 0 Å². The van der Waals surface area contributed by atoms with E-state index in [1.54, 1.807) is 0 Å². The van der Waals surface area contributed by atoms with Gasteiger partial charge in [-0.25, -0.2) is 4.98 Å². The lowest BCUT2D eigenvalue weighted by atomic mass is 9.71. The summed E-state index contributed by atoms with van der Waals surface area (Å²) in [6, 6.07) is 4.66. The van der Waals surface area contributed by atoms with Gasteiger partial charge in [0, 0.05) is 6.04 Å². The second kappa shape index (κ2) is 3.89. The first-order valence-electron chi connectivity index (χ1n) is 5.05. The van der Waals surface area contributed by atoms with Crippen LogP contribution in [0.4, 0.5) is 5.69 Å². The zero-order chi connectivity index (χ0) is 10.1. The van der Waals surface area contributed by atoms with Gasteiger partial charge in [-0.1, -0.05) is 13.8 Å². The first kappa shape index (κ1) is 9.97. The molecule has 1 saturated carbocycles. The summed E-state index contributed by atoms with van der Waals surface area (Å²) in [7, 11) is 0. The Kier molecular flexibility index (Phi) is 2.77. The van der Waals surface area contributed by atoms with E-state index >= 15 is 0 Å². The van der Waals surface area contributed by atoms with Crippen LogP contribution < -0.4 is 5.32 Å². The molecule has 1 fully saturated rings. The molecular formula is C11H15BrN2. The minimum atomic E-state index is 0.632. The van der Waals surface area contributed by atoms with Crippen LogP contribution in [0.15, 0.2) is 22.9 Å². The smallest absolute Gasteiger partial charge is 0.106 e. The monoisotopic (exact) mass is 254 g/mol. The summed E-state index contributed by atoms with van der Waals surface area (Å²) < 4.78 is 0.887. The number of hydrogen-bond donors (Lipinski definition) is 1. The predicted octanol–water partition coefficient (Wildman–Crippen LogP) is 3.30. The number of anilines is 1. The second-order valence-corrected chi connectivity index (χ2v) is 5.01. The van der Waals surface area contributed by atoms with Gasteiger partial charge in [0.25, 0.3) is 0 Å². The van der Waals surface area contributed by atoms with Crippen molar-refractivity contribution in [3.8, 4) is 0 Å². The van der Waals surface area contributed by atoms with Crippen LogP contribution in [0.1, 0.15) is 20.3 Å². The van der Waals surface area contributed by atoms with Crippen LogP contribution in [0, 0.1) is 11.8 Å². The maximum atomic E-state index is 4.19. The average molecular weight is 255 g/mol. The van der Waals surface area contributed by atoms with Crippen molar-refractivity contribution in [3.05, 3.63) is 22.9 Å². The van der Waals surface area contributed by atoms with E-state index in [2.05, 4.69) is 46.1 Å². The quantitative estimate of drug-likeness (QED) is 0.820. The molecule has 1 aromatic heterocycles. The highest BCUT2D eigenvalue weighted by Gasteiger charge is 2.33. The van der Waals surface area contributed by atoms with Gasteiger partial charge in [-0.2, -0.15) is 0 Å². The molecule has 0 saturated heterocycles. The zero-order valence-electron chi connectivity index (χ0n) is 8.50. The van der Waals surface area contributed by atoms with Gasteiger partial charge in [-0.3, -0.25) is 0 Å². The van der Waals surface area contributed by atoms with E-state index in [1.807, 2.05) is 12.3 Å². The fourth-order valence-corrected chi connectivity index (χ4v) is 2.13. The van der Waals surface area contributed by atoms with Gasteiger partial charge < -0.3 is 5.32 Å². The van der Waals surface area contributed by atoms with Crippen molar-refractivity contribution in [2.45, 2.75) is 26.3 Å². The normalized spacial score (nSPS) is 30.9. The third-order valence-corrected chi connectivity index (χ3v) is 3.71. The highest BCUT2D eigenvalue weighted by molar-refractivity contribution is 9.10. The van der Waals surface area contributed by atoms with Gasteiger partial charge in [0.1, 0.15) is 4.60 Å². The molecule has 1 N–H and O–H groups in total. The van der Waals surface area contributed by atoms with Crippen LogP contribution in [0.25, 0.3) is 0 Å². The molecule has 1 aromatic rings. The fourth-order valence-electron chi connectivity index (χ4n) is 1.90. The number of aromatic nitrogens is 1. The van der Waals surface area contributed by atoms with Crippen LogP contribution in [0.5, 0.6) is 0 Å². The van der Waals surface area contributed by atoms with Gasteiger partial charge in [-0.15, -0.1) is 0 Å². The van der Waals surface area contributed by atoms with Crippen molar-refractivity contribution in [3.63, 3.8) is 0 Å². The third kappa shape index (κ3) is 1.92. The molecule has 0 radical (unpaired) electrons. The van der Waals surface area contributed by atoms with Crippen LogP contribution in [0.3, 0.4) is 0 Å². The Morgan fingerprint density at radius 1 is 1.43 bits per heavy atom. The Balaban J connectivity index is 1.95. The summed E-state index contributed by atoms with van der Waals surface area (Å²) >= 11 is 3.33. The minimum absolute atomic E-state index is 0.632. The lowest BCUT2D eigenvalue weighted by molar-refractivity contribution is 0.189. The Morgan fingerprint density at radius 2 is 2.21 bits per heavy atom. The van der Waals surface area contributed by atoms with Gasteiger partial charge >= 0.3 is 0 Å². The molecule has 1 heterocycles. The van der Waals surface area contributed by atoms with Crippen LogP contribution in [-0.4, -0.2) is 11.0 Å². The molecular weight excluding hydrogens is 240 g/mol. The lowest BCUT2D eigenvalue weighted by Gasteiger charge is -2.41. The predicted molar refractivity (Wildman–Crippen MR) is 62.3 cm³/mol. The van der Waals surface area contributed by atoms with Gasteiger partial charge in [0.2, 0.25) is 0 Å². The maximum Gasteiger partial charge on any atom is 0.106 e. The van der Waals surface area contributed by atoms with Crippen LogP contribution >= 0.6 is 15.9 Å². The first-order chi connectivity index (χ1) is 6.66. The molecule has 3 heteroatoms. The van der Waals surface area contributed by atoms with E-state index in [9.17, 15) is 0 Å². The van der Waals surface area contributed by atoms with Crippen molar-refractivity contribution in [1.82, 2.24) is 4.98 Å². The fraction of sp³-hybridized carbons (Fsp3) is 0.545.